The molecule has 0 bridgehead atoms. The molecule has 4 aromatic rings. The van der Waals surface area contributed by atoms with Crippen molar-refractivity contribution in [3.63, 3.8) is 0 Å². The second kappa shape index (κ2) is 6.94. The highest BCUT2D eigenvalue weighted by atomic mass is 79.9. The lowest BCUT2D eigenvalue weighted by Crippen LogP contribution is -2.22. The van der Waals surface area contributed by atoms with Gasteiger partial charge in [0.2, 0.25) is 0 Å². The van der Waals surface area contributed by atoms with E-state index in [9.17, 15) is 9.90 Å². The van der Waals surface area contributed by atoms with Crippen molar-refractivity contribution in [2.75, 3.05) is 0 Å². The van der Waals surface area contributed by atoms with Gasteiger partial charge >= 0.3 is 0 Å². The lowest BCUT2D eigenvalue weighted by Gasteiger charge is -2.10. The first kappa shape index (κ1) is 17.9. The minimum atomic E-state index is -1.25. The number of benzene rings is 2. The van der Waals surface area contributed by atoms with Crippen LogP contribution in [0.1, 0.15) is 15.9 Å². The Balaban J connectivity index is 1.85. The summed E-state index contributed by atoms with van der Waals surface area (Å²) in [4.78, 5) is 16.2. The van der Waals surface area contributed by atoms with Crippen LogP contribution in [0.25, 0.3) is 33.7 Å². The summed E-state index contributed by atoms with van der Waals surface area (Å²) < 4.78 is 7.67. The van der Waals surface area contributed by atoms with Gasteiger partial charge in [0.15, 0.2) is 5.76 Å². The average Bonchev–Trinajstić information content (AvgIpc) is 3.10. The van der Waals surface area contributed by atoms with Crippen LogP contribution in [0.15, 0.2) is 68.0 Å². The topological polar surface area (TPSA) is 66.2 Å². The van der Waals surface area contributed by atoms with E-state index in [1.165, 1.54) is 6.07 Å². The van der Waals surface area contributed by atoms with Crippen molar-refractivity contribution < 1.29 is 14.3 Å². The fraction of sp³-hybridized carbons (Fsp3) is 0.0476. The van der Waals surface area contributed by atoms with Crippen LogP contribution in [0.3, 0.4) is 0 Å². The molecule has 0 amide bonds. The summed E-state index contributed by atoms with van der Waals surface area (Å²) in [5.41, 5.74) is 3.13. The predicted molar refractivity (Wildman–Crippen MR) is 109 cm³/mol. The Morgan fingerprint density at radius 2 is 1.78 bits per heavy atom. The number of aromatic carboxylic acids is 1. The van der Waals surface area contributed by atoms with Crippen LogP contribution >= 0.6 is 31.9 Å². The van der Waals surface area contributed by atoms with Gasteiger partial charge in [-0.3, -0.25) is 0 Å². The molecule has 0 saturated heterocycles. The normalized spacial score (nSPS) is 11.1. The third-order valence-electron chi connectivity index (χ3n) is 4.24. The van der Waals surface area contributed by atoms with Gasteiger partial charge in [0.1, 0.15) is 11.5 Å². The van der Waals surface area contributed by atoms with Crippen LogP contribution in [-0.4, -0.2) is 11.0 Å². The number of pyridine rings is 1. The van der Waals surface area contributed by atoms with E-state index in [1.807, 2.05) is 37.3 Å². The second-order valence-electron chi connectivity index (χ2n) is 6.15. The van der Waals surface area contributed by atoms with E-state index in [4.69, 9.17) is 4.42 Å². The molecule has 0 saturated carbocycles. The van der Waals surface area contributed by atoms with Crippen LogP contribution < -0.4 is 5.11 Å². The van der Waals surface area contributed by atoms with E-state index in [0.717, 1.165) is 20.1 Å². The van der Waals surface area contributed by atoms with Gasteiger partial charge in [0.25, 0.3) is 0 Å². The Kier molecular flexibility index (Phi) is 4.61. The molecule has 2 heterocycles. The maximum atomic E-state index is 11.6. The Morgan fingerprint density at radius 1 is 1.00 bits per heavy atom. The zero-order valence-corrected chi connectivity index (χ0v) is 17.3. The molecule has 0 fully saturated rings. The summed E-state index contributed by atoms with van der Waals surface area (Å²) in [7, 11) is 0. The molecule has 0 atom stereocenters. The van der Waals surface area contributed by atoms with Crippen molar-refractivity contribution in [1.29, 1.82) is 0 Å². The van der Waals surface area contributed by atoms with Gasteiger partial charge in [-0.2, -0.15) is 0 Å². The van der Waals surface area contributed by atoms with E-state index in [-0.39, 0.29) is 5.56 Å². The lowest BCUT2D eigenvalue weighted by molar-refractivity contribution is -0.254. The van der Waals surface area contributed by atoms with Crippen molar-refractivity contribution in [3.8, 4) is 22.8 Å². The van der Waals surface area contributed by atoms with Gasteiger partial charge < -0.3 is 14.3 Å². The lowest BCUT2D eigenvalue weighted by atomic mass is 10.1. The number of fused-ring (bicyclic) bond motifs is 1. The number of nitrogens with zero attached hydrogens (tertiary/aromatic N) is 1. The van der Waals surface area contributed by atoms with Gasteiger partial charge in [0.05, 0.1) is 11.5 Å². The van der Waals surface area contributed by atoms with Gasteiger partial charge in [-0.15, -0.1) is 0 Å². The monoisotopic (exact) mass is 484 g/mol. The van der Waals surface area contributed by atoms with Gasteiger partial charge in [0, 0.05) is 25.5 Å². The number of hydrogen-bond donors (Lipinski definition) is 0. The van der Waals surface area contributed by atoms with Gasteiger partial charge in [-0.1, -0.05) is 37.9 Å². The quantitative estimate of drug-likeness (QED) is 0.391. The SMILES string of the molecule is Cc1ccc(-c2ccc(-c3cc(C(=O)[O-])c4cc(Br)ccc4n3)o2)c(Br)c1. The highest BCUT2D eigenvalue weighted by Gasteiger charge is 2.14. The number of carbonyl (C=O) groups is 1. The maximum absolute atomic E-state index is 11.6. The maximum Gasteiger partial charge on any atom is 0.153 e. The van der Waals surface area contributed by atoms with E-state index < -0.39 is 5.97 Å². The zero-order chi connectivity index (χ0) is 19.1. The molecular formula is C21H12Br2NO3-. The Bertz CT molecular complexity index is 1200. The number of carbonyl (C=O) groups excluding carboxylic acids is 1. The molecule has 0 unspecified atom stereocenters. The first-order valence-corrected chi connectivity index (χ1v) is 9.69. The molecule has 0 aliphatic carbocycles. The molecule has 134 valence electrons. The molecule has 2 aromatic carbocycles. The molecule has 27 heavy (non-hydrogen) atoms. The highest BCUT2D eigenvalue weighted by molar-refractivity contribution is 9.10. The minimum absolute atomic E-state index is 0.0748. The van der Waals surface area contributed by atoms with Crippen molar-refractivity contribution in [1.82, 2.24) is 4.98 Å². The van der Waals surface area contributed by atoms with Crippen LogP contribution in [0, 0.1) is 6.92 Å². The van der Waals surface area contributed by atoms with Crippen LogP contribution in [-0.2, 0) is 0 Å². The Labute approximate surface area is 172 Å². The summed E-state index contributed by atoms with van der Waals surface area (Å²) in [6.07, 6.45) is 0. The molecule has 6 heteroatoms. The molecule has 0 N–H and O–H groups in total. The number of halogens is 2. The first-order chi connectivity index (χ1) is 12.9. The van der Waals surface area contributed by atoms with E-state index in [1.54, 1.807) is 18.2 Å². The van der Waals surface area contributed by atoms with E-state index in [2.05, 4.69) is 36.8 Å². The van der Waals surface area contributed by atoms with Gasteiger partial charge in [-0.05, 0) is 61.0 Å². The molecular weight excluding hydrogens is 474 g/mol. The minimum Gasteiger partial charge on any atom is -0.545 e. The van der Waals surface area contributed by atoms with E-state index in [0.29, 0.717) is 28.1 Å². The fourth-order valence-corrected chi connectivity index (χ4v) is 3.98. The summed E-state index contributed by atoms with van der Waals surface area (Å²) in [6.45, 7) is 2.01. The van der Waals surface area contributed by atoms with Gasteiger partial charge in [-0.25, -0.2) is 4.98 Å². The van der Waals surface area contributed by atoms with E-state index >= 15 is 0 Å². The third-order valence-corrected chi connectivity index (χ3v) is 5.39. The number of carboxylic acid groups (broad SMARTS) is 1. The number of carboxylic acids is 1. The number of aromatic nitrogens is 1. The number of hydrogen-bond acceptors (Lipinski definition) is 4. The summed E-state index contributed by atoms with van der Waals surface area (Å²) in [6, 6.07) is 16.4. The molecule has 0 radical (unpaired) electrons. The molecule has 0 aliphatic heterocycles. The first-order valence-electron chi connectivity index (χ1n) is 8.11. The van der Waals surface area contributed by atoms with Crippen molar-refractivity contribution in [2.45, 2.75) is 6.92 Å². The molecule has 2 aromatic heterocycles. The molecule has 0 aliphatic rings. The molecule has 0 spiro atoms. The number of rotatable bonds is 3. The summed E-state index contributed by atoms with van der Waals surface area (Å²) in [5, 5.41) is 12.1. The third kappa shape index (κ3) is 3.42. The van der Waals surface area contributed by atoms with Crippen molar-refractivity contribution in [3.05, 3.63) is 74.7 Å². The molecule has 4 rings (SSSR count). The number of aryl methyl sites for hydroxylation is 1. The van der Waals surface area contributed by atoms with Crippen LogP contribution in [0.2, 0.25) is 0 Å². The molecule has 4 nitrogen and oxygen atoms in total. The number of furan rings is 1. The average molecular weight is 486 g/mol. The van der Waals surface area contributed by atoms with Crippen LogP contribution in [0.5, 0.6) is 0 Å². The zero-order valence-electron chi connectivity index (χ0n) is 14.1. The second-order valence-corrected chi connectivity index (χ2v) is 7.92. The fourth-order valence-electron chi connectivity index (χ4n) is 2.93. The predicted octanol–water partition coefficient (Wildman–Crippen LogP) is 5.36. The van der Waals surface area contributed by atoms with Crippen molar-refractivity contribution >= 4 is 48.7 Å². The van der Waals surface area contributed by atoms with Crippen molar-refractivity contribution in [2.24, 2.45) is 0 Å². The standard InChI is InChI=1S/C21H13Br2NO3/c1-11-2-4-13(16(23)8-11)19-6-7-20(27-19)18-10-15(21(25)26)14-9-12(22)3-5-17(14)24-18/h2-10H,1H3,(H,25,26)/p-1. The van der Waals surface area contributed by atoms with Crippen LogP contribution in [0.4, 0.5) is 0 Å². The highest BCUT2D eigenvalue weighted by Crippen LogP contribution is 2.34. The summed E-state index contributed by atoms with van der Waals surface area (Å²) >= 11 is 6.91. The summed E-state index contributed by atoms with van der Waals surface area (Å²) in [5.74, 6) is -0.0934. The largest absolute Gasteiger partial charge is 0.545 e. The smallest absolute Gasteiger partial charge is 0.153 e. The Hall–Kier alpha value is -2.44. The Morgan fingerprint density at radius 3 is 2.52 bits per heavy atom.